The number of hydrogen-bond donors (Lipinski definition) is 1. The van der Waals surface area contributed by atoms with Gasteiger partial charge in [0, 0.05) is 46.0 Å². The van der Waals surface area contributed by atoms with E-state index in [2.05, 4.69) is 69.6 Å². The van der Waals surface area contributed by atoms with Crippen molar-refractivity contribution >= 4 is 35.6 Å². The number of halogens is 1. The Hall–Kier alpha value is -1.96. The van der Waals surface area contributed by atoms with Gasteiger partial charge in [0.15, 0.2) is 5.96 Å². The van der Waals surface area contributed by atoms with Crippen molar-refractivity contribution in [1.82, 2.24) is 10.2 Å². The zero-order valence-corrected chi connectivity index (χ0v) is 20.0. The molecule has 5 nitrogen and oxygen atoms in total. The third kappa shape index (κ3) is 6.80. The molecule has 1 fully saturated rings. The first-order valence-electron chi connectivity index (χ1n) is 10.1. The fourth-order valence-electron chi connectivity index (χ4n) is 3.70. The summed E-state index contributed by atoms with van der Waals surface area (Å²) in [6.45, 7) is 6.67. The molecule has 2 aromatic carbocycles. The van der Waals surface area contributed by atoms with E-state index in [1.54, 1.807) is 0 Å². The van der Waals surface area contributed by atoms with Crippen LogP contribution in [0.25, 0.3) is 0 Å². The summed E-state index contributed by atoms with van der Waals surface area (Å²) >= 11 is 0. The highest BCUT2D eigenvalue weighted by Gasteiger charge is 2.23. The summed E-state index contributed by atoms with van der Waals surface area (Å²) in [6.07, 6.45) is 1.21. The number of ether oxygens (including phenoxy) is 1. The highest BCUT2D eigenvalue weighted by atomic mass is 127. The minimum Gasteiger partial charge on any atom is -0.494 e. The van der Waals surface area contributed by atoms with Gasteiger partial charge in [0.25, 0.3) is 0 Å². The van der Waals surface area contributed by atoms with Crippen LogP contribution in [-0.4, -0.2) is 51.2 Å². The topological polar surface area (TPSA) is 40.1 Å². The van der Waals surface area contributed by atoms with Crippen LogP contribution >= 0.6 is 24.0 Å². The summed E-state index contributed by atoms with van der Waals surface area (Å²) in [5, 5.41) is 3.56. The molecule has 3 rings (SSSR count). The lowest BCUT2D eigenvalue weighted by Gasteiger charge is -2.24. The Morgan fingerprint density at radius 2 is 1.90 bits per heavy atom. The normalized spacial score (nSPS) is 16.3. The van der Waals surface area contributed by atoms with Gasteiger partial charge in [0.05, 0.1) is 6.61 Å². The summed E-state index contributed by atoms with van der Waals surface area (Å²) in [6, 6.07) is 19.0. The van der Waals surface area contributed by atoms with Crippen molar-refractivity contribution in [2.75, 3.05) is 45.2 Å². The molecule has 1 aliphatic heterocycles. The van der Waals surface area contributed by atoms with E-state index >= 15 is 0 Å². The molecule has 1 N–H and O–H groups in total. The second-order valence-electron chi connectivity index (χ2n) is 7.30. The van der Waals surface area contributed by atoms with Crippen LogP contribution in [0, 0.1) is 5.92 Å². The molecule has 6 heteroatoms. The molecule has 29 heavy (non-hydrogen) atoms. The van der Waals surface area contributed by atoms with Gasteiger partial charge < -0.3 is 19.9 Å². The van der Waals surface area contributed by atoms with Crippen molar-refractivity contribution in [3.8, 4) is 5.75 Å². The van der Waals surface area contributed by atoms with Crippen LogP contribution in [0.4, 0.5) is 5.69 Å². The van der Waals surface area contributed by atoms with Crippen molar-refractivity contribution < 1.29 is 4.74 Å². The maximum atomic E-state index is 5.52. The minimum absolute atomic E-state index is 0. The van der Waals surface area contributed by atoms with Crippen molar-refractivity contribution in [1.29, 1.82) is 0 Å². The Kier molecular flexibility index (Phi) is 9.57. The Morgan fingerprint density at radius 1 is 1.17 bits per heavy atom. The molecular weight excluding hydrogens is 475 g/mol. The summed E-state index contributed by atoms with van der Waals surface area (Å²) < 4.78 is 5.52. The average Bonchev–Trinajstić information content (AvgIpc) is 3.20. The molecule has 0 bridgehead atoms. The first kappa shape index (κ1) is 23.3. The summed E-state index contributed by atoms with van der Waals surface area (Å²) in [4.78, 5) is 9.10. The first-order valence-corrected chi connectivity index (χ1v) is 10.1. The van der Waals surface area contributed by atoms with Crippen LogP contribution < -0.4 is 15.0 Å². The fourth-order valence-corrected chi connectivity index (χ4v) is 3.70. The molecule has 1 atom stereocenters. The van der Waals surface area contributed by atoms with Gasteiger partial charge in [-0.05, 0) is 49.1 Å². The number of rotatable bonds is 7. The zero-order valence-electron chi connectivity index (χ0n) is 17.7. The number of anilines is 1. The molecular formula is C23H33IN4O. The second-order valence-corrected chi connectivity index (χ2v) is 7.30. The molecule has 1 saturated heterocycles. The molecule has 0 saturated carbocycles. The SMILES string of the molecule is CCOc1ccc(CN(C)C(=NC)NCC2CCN(c3ccccc3)C2)cc1.I. The highest BCUT2D eigenvalue weighted by molar-refractivity contribution is 14.0. The van der Waals surface area contributed by atoms with E-state index in [4.69, 9.17) is 4.74 Å². The number of aliphatic imine (C=N–C) groups is 1. The maximum Gasteiger partial charge on any atom is 0.193 e. The predicted octanol–water partition coefficient (Wildman–Crippen LogP) is 4.24. The lowest BCUT2D eigenvalue weighted by molar-refractivity contribution is 0.340. The fraction of sp³-hybridized carbons (Fsp3) is 0.435. The Bertz CT molecular complexity index is 751. The number of hydrogen-bond acceptors (Lipinski definition) is 3. The van der Waals surface area contributed by atoms with Gasteiger partial charge >= 0.3 is 0 Å². The zero-order chi connectivity index (χ0) is 19.8. The highest BCUT2D eigenvalue weighted by Crippen LogP contribution is 2.23. The quantitative estimate of drug-likeness (QED) is 0.345. The predicted molar refractivity (Wildman–Crippen MR) is 133 cm³/mol. The molecule has 0 aromatic heterocycles. The Balaban J connectivity index is 0.00000300. The smallest absolute Gasteiger partial charge is 0.193 e. The molecule has 2 aromatic rings. The van der Waals surface area contributed by atoms with Crippen molar-refractivity contribution in [3.63, 3.8) is 0 Å². The van der Waals surface area contributed by atoms with E-state index in [-0.39, 0.29) is 24.0 Å². The summed E-state index contributed by atoms with van der Waals surface area (Å²) in [5.74, 6) is 2.49. The second kappa shape index (κ2) is 11.9. The van der Waals surface area contributed by atoms with E-state index in [1.807, 2.05) is 26.1 Å². The van der Waals surface area contributed by atoms with Crippen LogP contribution in [-0.2, 0) is 6.54 Å². The number of nitrogens with zero attached hydrogens (tertiary/aromatic N) is 3. The maximum absolute atomic E-state index is 5.52. The van der Waals surface area contributed by atoms with Crippen molar-refractivity contribution in [3.05, 3.63) is 60.2 Å². The summed E-state index contributed by atoms with van der Waals surface area (Å²) in [7, 11) is 3.93. The molecule has 1 aliphatic rings. The van der Waals surface area contributed by atoms with Gasteiger partial charge in [-0.15, -0.1) is 24.0 Å². The lowest BCUT2D eigenvalue weighted by atomic mass is 10.1. The van der Waals surface area contributed by atoms with Crippen LogP contribution in [0.15, 0.2) is 59.6 Å². The Morgan fingerprint density at radius 3 is 2.55 bits per heavy atom. The van der Waals surface area contributed by atoms with Gasteiger partial charge in [0.1, 0.15) is 5.75 Å². The molecule has 158 valence electrons. The van der Waals surface area contributed by atoms with Gasteiger partial charge in [-0.25, -0.2) is 0 Å². The van der Waals surface area contributed by atoms with Crippen LogP contribution in [0.3, 0.4) is 0 Å². The van der Waals surface area contributed by atoms with Gasteiger partial charge in [0.2, 0.25) is 0 Å². The molecule has 1 unspecified atom stereocenters. The molecule has 0 aliphatic carbocycles. The van der Waals surface area contributed by atoms with Crippen LogP contribution in [0.5, 0.6) is 5.75 Å². The van der Waals surface area contributed by atoms with Crippen LogP contribution in [0.1, 0.15) is 18.9 Å². The lowest BCUT2D eigenvalue weighted by Crippen LogP contribution is -2.41. The van der Waals surface area contributed by atoms with E-state index in [0.717, 1.165) is 37.9 Å². The third-order valence-corrected chi connectivity index (χ3v) is 5.18. The molecule has 1 heterocycles. The van der Waals surface area contributed by atoms with Gasteiger partial charge in [-0.2, -0.15) is 0 Å². The van der Waals surface area contributed by atoms with E-state index in [1.165, 1.54) is 17.7 Å². The number of nitrogens with one attached hydrogen (secondary N) is 1. The van der Waals surface area contributed by atoms with E-state index < -0.39 is 0 Å². The van der Waals surface area contributed by atoms with Gasteiger partial charge in [-0.3, -0.25) is 4.99 Å². The standard InChI is InChI=1S/C23H32N4O.HI/c1-4-28-22-12-10-19(11-13-22)17-26(3)23(24-2)25-16-20-14-15-27(18-20)21-8-6-5-7-9-21;/h5-13,20H,4,14-18H2,1-3H3,(H,24,25);1H. The minimum atomic E-state index is 0. The number of guanidine groups is 1. The number of para-hydroxylation sites is 1. The third-order valence-electron chi connectivity index (χ3n) is 5.18. The summed E-state index contributed by atoms with van der Waals surface area (Å²) in [5.41, 5.74) is 2.56. The van der Waals surface area contributed by atoms with E-state index in [9.17, 15) is 0 Å². The Labute approximate surface area is 192 Å². The average molecular weight is 508 g/mol. The van der Waals surface area contributed by atoms with Gasteiger partial charge in [-0.1, -0.05) is 30.3 Å². The monoisotopic (exact) mass is 508 g/mol. The molecule has 0 radical (unpaired) electrons. The van der Waals surface area contributed by atoms with E-state index in [0.29, 0.717) is 12.5 Å². The molecule has 0 amide bonds. The first-order chi connectivity index (χ1) is 13.7. The largest absolute Gasteiger partial charge is 0.494 e. The van der Waals surface area contributed by atoms with Crippen LogP contribution in [0.2, 0.25) is 0 Å². The number of benzene rings is 2. The molecule has 0 spiro atoms. The van der Waals surface area contributed by atoms with Crippen molar-refractivity contribution in [2.24, 2.45) is 10.9 Å². The van der Waals surface area contributed by atoms with Crippen molar-refractivity contribution in [2.45, 2.75) is 19.9 Å².